The largest absolute Gasteiger partial charge is 0.490 e. The van der Waals surface area contributed by atoms with Gasteiger partial charge in [0.15, 0.2) is 11.5 Å². The Hall–Kier alpha value is -2.49. The number of rotatable bonds is 11. The van der Waals surface area contributed by atoms with Gasteiger partial charge in [-0.2, -0.15) is 0 Å². The number of carbonyl (C=O) groups excluding carboxylic acids is 1. The molecular weight excluding hydrogens is 316 g/mol. The first kappa shape index (κ1) is 18.8. The molecule has 2 aromatic rings. The highest BCUT2D eigenvalue weighted by atomic mass is 16.5. The first-order valence-electron chi connectivity index (χ1n) is 8.83. The number of esters is 1. The lowest BCUT2D eigenvalue weighted by Crippen LogP contribution is -2.04. The van der Waals surface area contributed by atoms with Crippen LogP contribution < -0.4 is 9.47 Å². The molecule has 0 aliphatic heterocycles. The minimum absolute atomic E-state index is 0.122. The SMILES string of the molecule is CCOC(=O)CCCCCOc1ccccc1OCc1ccccc1. The molecule has 4 nitrogen and oxygen atoms in total. The molecule has 0 saturated carbocycles. The highest BCUT2D eigenvalue weighted by Crippen LogP contribution is 2.27. The summed E-state index contributed by atoms with van der Waals surface area (Å²) in [6.45, 7) is 3.39. The van der Waals surface area contributed by atoms with Gasteiger partial charge in [0, 0.05) is 6.42 Å². The Balaban J connectivity index is 1.70. The van der Waals surface area contributed by atoms with E-state index < -0.39 is 0 Å². The zero-order valence-electron chi connectivity index (χ0n) is 14.8. The quantitative estimate of drug-likeness (QED) is 0.436. The highest BCUT2D eigenvalue weighted by molar-refractivity contribution is 5.69. The Morgan fingerprint density at radius 3 is 2.24 bits per heavy atom. The summed E-state index contributed by atoms with van der Waals surface area (Å²) in [7, 11) is 0. The Morgan fingerprint density at radius 2 is 1.52 bits per heavy atom. The summed E-state index contributed by atoms with van der Waals surface area (Å²) >= 11 is 0. The standard InChI is InChI=1S/C21H26O4/c1-2-23-21(22)15-7-4-10-16-24-19-13-8-9-14-20(19)25-17-18-11-5-3-6-12-18/h3,5-6,8-9,11-14H,2,4,7,10,15-17H2,1H3. The Bertz CT molecular complexity index is 625. The van der Waals surface area contributed by atoms with E-state index in [1.54, 1.807) is 0 Å². The summed E-state index contributed by atoms with van der Waals surface area (Å²) in [6, 6.07) is 17.8. The van der Waals surface area contributed by atoms with Gasteiger partial charge in [-0.25, -0.2) is 0 Å². The van der Waals surface area contributed by atoms with Crippen LogP contribution in [0.4, 0.5) is 0 Å². The third kappa shape index (κ3) is 7.29. The molecule has 134 valence electrons. The van der Waals surface area contributed by atoms with Crippen LogP contribution in [0.2, 0.25) is 0 Å². The average Bonchev–Trinajstić information content (AvgIpc) is 2.64. The van der Waals surface area contributed by atoms with Gasteiger partial charge >= 0.3 is 5.97 Å². The molecule has 2 rings (SSSR count). The number of unbranched alkanes of at least 4 members (excludes halogenated alkanes) is 2. The molecule has 25 heavy (non-hydrogen) atoms. The van der Waals surface area contributed by atoms with Gasteiger partial charge in [-0.05, 0) is 43.9 Å². The van der Waals surface area contributed by atoms with Gasteiger partial charge in [0.2, 0.25) is 0 Å². The third-order valence-electron chi connectivity index (χ3n) is 3.67. The smallest absolute Gasteiger partial charge is 0.305 e. The zero-order chi connectivity index (χ0) is 17.7. The van der Waals surface area contributed by atoms with Crippen LogP contribution in [0, 0.1) is 0 Å². The van der Waals surface area contributed by atoms with Crippen molar-refractivity contribution >= 4 is 5.97 Å². The van der Waals surface area contributed by atoms with Crippen LogP contribution in [-0.2, 0) is 16.1 Å². The molecule has 0 unspecified atom stereocenters. The number of hydrogen-bond acceptors (Lipinski definition) is 4. The molecular formula is C21H26O4. The number of ether oxygens (including phenoxy) is 3. The van der Waals surface area contributed by atoms with E-state index in [4.69, 9.17) is 14.2 Å². The van der Waals surface area contributed by atoms with Crippen molar-refractivity contribution in [3.63, 3.8) is 0 Å². The molecule has 0 radical (unpaired) electrons. The summed E-state index contributed by atoms with van der Waals surface area (Å²) < 4.78 is 16.6. The zero-order valence-corrected chi connectivity index (χ0v) is 14.8. The molecule has 0 bridgehead atoms. The van der Waals surface area contributed by atoms with E-state index in [1.807, 2.05) is 61.5 Å². The van der Waals surface area contributed by atoms with Crippen LogP contribution in [-0.4, -0.2) is 19.2 Å². The van der Waals surface area contributed by atoms with Crippen molar-refractivity contribution in [3.8, 4) is 11.5 Å². The summed E-state index contributed by atoms with van der Waals surface area (Å²) in [5.74, 6) is 1.38. The molecule has 0 N–H and O–H groups in total. The van der Waals surface area contributed by atoms with Crippen molar-refractivity contribution in [2.45, 2.75) is 39.2 Å². The molecule has 0 amide bonds. The fourth-order valence-electron chi connectivity index (χ4n) is 2.39. The fraction of sp³-hybridized carbons (Fsp3) is 0.381. The summed E-state index contributed by atoms with van der Waals surface area (Å²) in [5.41, 5.74) is 1.12. The molecule has 0 aliphatic carbocycles. The molecule has 0 aliphatic rings. The predicted octanol–water partition coefficient (Wildman–Crippen LogP) is 4.77. The normalized spacial score (nSPS) is 10.3. The van der Waals surface area contributed by atoms with Crippen molar-refractivity contribution in [3.05, 3.63) is 60.2 Å². The van der Waals surface area contributed by atoms with E-state index in [9.17, 15) is 4.79 Å². The minimum atomic E-state index is -0.122. The Kier molecular flexibility index (Phi) is 8.39. The van der Waals surface area contributed by atoms with Gasteiger partial charge in [0.25, 0.3) is 0 Å². The van der Waals surface area contributed by atoms with Crippen molar-refractivity contribution in [1.82, 2.24) is 0 Å². The molecule has 0 fully saturated rings. The fourth-order valence-corrected chi connectivity index (χ4v) is 2.39. The van der Waals surface area contributed by atoms with Gasteiger partial charge in [0.1, 0.15) is 6.61 Å². The lowest BCUT2D eigenvalue weighted by atomic mass is 10.2. The highest BCUT2D eigenvalue weighted by Gasteiger charge is 2.05. The van der Waals surface area contributed by atoms with Crippen LogP contribution in [0.15, 0.2) is 54.6 Å². The molecule has 0 saturated heterocycles. The summed E-state index contributed by atoms with van der Waals surface area (Å²) in [6.07, 6.45) is 3.14. The Labute approximate surface area is 149 Å². The van der Waals surface area contributed by atoms with Gasteiger partial charge < -0.3 is 14.2 Å². The second-order valence-corrected chi connectivity index (χ2v) is 5.69. The second-order valence-electron chi connectivity index (χ2n) is 5.69. The maximum absolute atomic E-state index is 11.3. The van der Waals surface area contributed by atoms with Crippen LogP contribution in [0.3, 0.4) is 0 Å². The van der Waals surface area contributed by atoms with E-state index in [0.29, 0.717) is 26.2 Å². The topological polar surface area (TPSA) is 44.8 Å². The lowest BCUT2D eigenvalue weighted by molar-refractivity contribution is -0.143. The van der Waals surface area contributed by atoms with Gasteiger partial charge in [0.05, 0.1) is 13.2 Å². The van der Waals surface area contributed by atoms with Gasteiger partial charge in [-0.15, -0.1) is 0 Å². The monoisotopic (exact) mass is 342 g/mol. The number of hydrogen-bond donors (Lipinski definition) is 0. The van der Waals surface area contributed by atoms with Crippen LogP contribution >= 0.6 is 0 Å². The second kappa shape index (κ2) is 11.1. The first-order valence-corrected chi connectivity index (χ1v) is 8.83. The maximum Gasteiger partial charge on any atom is 0.305 e. The van der Waals surface area contributed by atoms with Gasteiger partial charge in [-0.1, -0.05) is 42.5 Å². The predicted molar refractivity (Wildman–Crippen MR) is 97.8 cm³/mol. The third-order valence-corrected chi connectivity index (χ3v) is 3.67. The van der Waals surface area contributed by atoms with E-state index in [1.165, 1.54) is 0 Å². The van der Waals surface area contributed by atoms with Crippen molar-refractivity contribution in [1.29, 1.82) is 0 Å². The van der Waals surface area contributed by atoms with Crippen LogP contribution in [0.25, 0.3) is 0 Å². The van der Waals surface area contributed by atoms with Crippen LogP contribution in [0.1, 0.15) is 38.2 Å². The number of para-hydroxylation sites is 2. The van der Waals surface area contributed by atoms with E-state index in [0.717, 1.165) is 36.3 Å². The average molecular weight is 342 g/mol. The first-order chi connectivity index (χ1) is 12.3. The molecule has 0 heterocycles. The molecule has 0 atom stereocenters. The lowest BCUT2D eigenvalue weighted by Gasteiger charge is -2.12. The molecule has 0 spiro atoms. The van der Waals surface area contributed by atoms with Crippen molar-refractivity contribution < 1.29 is 19.0 Å². The van der Waals surface area contributed by atoms with Crippen molar-refractivity contribution in [2.24, 2.45) is 0 Å². The summed E-state index contributed by atoms with van der Waals surface area (Å²) in [5, 5.41) is 0. The molecule has 4 heteroatoms. The maximum atomic E-state index is 11.3. The molecule has 2 aromatic carbocycles. The minimum Gasteiger partial charge on any atom is -0.490 e. The molecule has 0 aromatic heterocycles. The van der Waals surface area contributed by atoms with Crippen molar-refractivity contribution in [2.75, 3.05) is 13.2 Å². The van der Waals surface area contributed by atoms with E-state index >= 15 is 0 Å². The van der Waals surface area contributed by atoms with E-state index in [2.05, 4.69) is 0 Å². The summed E-state index contributed by atoms with van der Waals surface area (Å²) in [4.78, 5) is 11.3. The van der Waals surface area contributed by atoms with E-state index in [-0.39, 0.29) is 5.97 Å². The van der Waals surface area contributed by atoms with Crippen LogP contribution in [0.5, 0.6) is 11.5 Å². The number of benzene rings is 2. The van der Waals surface area contributed by atoms with Gasteiger partial charge in [-0.3, -0.25) is 4.79 Å². The Morgan fingerprint density at radius 1 is 0.840 bits per heavy atom. The number of carbonyl (C=O) groups is 1.